The van der Waals surface area contributed by atoms with Crippen LogP contribution in [0.25, 0.3) is 0 Å². The van der Waals surface area contributed by atoms with E-state index in [4.69, 9.17) is 4.74 Å². The number of benzene rings is 2. The molecule has 1 saturated carbocycles. The molecule has 1 heterocycles. The molecule has 0 unspecified atom stereocenters. The summed E-state index contributed by atoms with van der Waals surface area (Å²) in [6, 6.07) is 17.7. The van der Waals surface area contributed by atoms with Crippen molar-refractivity contribution in [3.05, 3.63) is 65.7 Å². The number of hydrogen-bond acceptors (Lipinski definition) is 3. The summed E-state index contributed by atoms with van der Waals surface area (Å²) in [5.41, 5.74) is 1.51. The Morgan fingerprint density at radius 1 is 1.12 bits per heavy atom. The molecule has 2 atom stereocenters. The van der Waals surface area contributed by atoms with Crippen LogP contribution in [-0.2, 0) is 17.8 Å². The molecule has 2 aromatic carbocycles. The molecule has 4 rings (SSSR count). The SMILES string of the molecule is O=C(Cc1ccc(OCc2ccccc2)cc1)N1CC[C@@H]2C[C@]2(O)C1. The fraction of sp³-hybridized carbons (Fsp3) is 0.381. The van der Waals surface area contributed by atoms with Gasteiger partial charge in [-0.15, -0.1) is 0 Å². The third kappa shape index (κ3) is 3.69. The highest BCUT2D eigenvalue weighted by Crippen LogP contribution is 2.49. The van der Waals surface area contributed by atoms with Crippen LogP contribution in [0.5, 0.6) is 5.75 Å². The van der Waals surface area contributed by atoms with E-state index in [0.29, 0.717) is 25.5 Å². The van der Waals surface area contributed by atoms with Gasteiger partial charge < -0.3 is 14.7 Å². The number of amides is 1. The Bertz CT molecular complexity index is 743. The highest BCUT2D eigenvalue weighted by Gasteiger charge is 2.56. The minimum absolute atomic E-state index is 0.0942. The van der Waals surface area contributed by atoms with Crippen LogP contribution < -0.4 is 4.74 Å². The minimum atomic E-state index is -0.594. The van der Waals surface area contributed by atoms with Crippen molar-refractivity contribution >= 4 is 5.91 Å². The summed E-state index contributed by atoms with van der Waals surface area (Å²) in [6.45, 7) is 1.80. The Morgan fingerprint density at radius 3 is 2.60 bits per heavy atom. The second kappa shape index (κ2) is 6.52. The van der Waals surface area contributed by atoms with Gasteiger partial charge in [0.15, 0.2) is 0 Å². The third-order valence-electron chi connectivity index (χ3n) is 5.29. The molecule has 2 fully saturated rings. The van der Waals surface area contributed by atoms with Gasteiger partial charge in [0.1, 0.15) is 12.4 Å². The summed E-state index contributed by atoms with van der Waals surface area (Å²) >= 11 is 0. The second-order valence-corrected chi connectivity index (χ2v) is 7.20. The summed E-state index contributed by atoms with van der Waals surface area (Å²) in [5.74, 6) is 1.31. The zero-order valence-electron chi connectivity index (χ0n) is 14.2. The Kier molecular flexibility index (Phi) is 4.22. The van der Waals surface area contributed by atoms with Crippen molar-refractivity contribution in [1.29, 1.82) is 0 Å². The lowest BCUT2D eigenvalue weighted by atomic mass is 10.1. The largest absolute Gasteiger partial charge is 0.489 e. The Labute approximate surface area is 148 Å². The Balaban J connectivity index is 1.30. The molecule has 1 amide bonds. The van der Waals surface area contributed by atoms with E-state index >= 15 is 0 Å². The number of piperidine rings is 1. The van der Waals surface area contributed by atoms with Crippen molar-refractivity contribution in [2.45, 2.75) is 31.5 Å². The molecule has 2 aliphatic rings. The molecule has 4 nitrogen and oxygen atoms in total. The van der Waals surface area contributed by atoms with Crippen molar-refractivity contribution < 1.29 is 14.6 Å². The van der Waals surface area contributed by atoms with Gasteiger partial charge in [-0.1, -0.05) is 42.5 Å². The van der Waals surface area contributed by atoms with Gasteiger partial charge >= 0.3 is 0 Å². The molecule has 0 spiro atoms. The molecule has 0 radical (unpaired) electrons. The van der Waals surface area contributed by atoms with Crippen LogP contribution in [0.3, 0.4) is 0 Å². The van der Waals surface area contributed by atoms with Crippen molar-refractivity contribution in [3.8, 4) is 5.75 Å². The first-order valence-corrected chi connectivity index (χ1v) is 8.88. The summed E-state index contributed by atoms with van der Waals surface area (Å²) in [5, 5.41) is 10.2. The third-order valence-corrected chi connectivity index (χ3v) is 5.29. The van der Waals surface area contributed by atoms with Gasteiger partial charge in [0.2, 0.25) is 5.91 Å². The van der Waals surface area contributed by atoms with Crippen LogP contribution in [0, 0.1) is 5.92 Å². The predicted molar refractivity (Wildman–Crippen MR) is 95.2 cm³/mol. The van der Waals surface area contributed by atoms with Crippen LogP contribution in [0.1, 0.15) is 24.0 Å². The number of carbonyl (C=O) groups excluding carboxylic acids is 1. The average molecular weight is 337 g/mol. The molecule has 1 aliphatic carbocycles. The van der Waals surface area contributed by atoms with E-state index in [1.165, 1.54) is 0 Å². The first kappa shape index (κ1) is 16.2. The van der Waals surface area contributed by atoms with Crippen LogP contribution in [-0.4, -0.2) is 34.6 Å². The molecular formula is C21H23NO3. The van der Waals surface area contributed by atoms with Gasteiger partial charge in [-0.3, -0.25) is 4.79 Å². The summed E-state index contributed by atoms with van der Waals surface area (Å²) in [4.78, 5) is 14.3. The topological polar surface area (TPSA) is 49.8 Å². The van der Waals surface area contributed by atoms with E-state index in [2.05, 4.69) is 0 Å². The number of β-amino-alcohol motifs (C(OH)–C–C–N with tert-alkyl or cyclic N) is 1. The first-order valence-electron chi connectivity index (χ1n) is 8.88. The fourth-order valence-corrected chi connectivity index (χ4v) is 3.60. The zero-order chi connectivity index (χ0) is 17.3. The molecule has 0 bridgehead atoms. The molecule has 1 saturated heterocycles. The number of likely N-dealkylation sites (tertiary alicyclic amines) is 1. The Morgan fingerprint density at radius 2 is 1.88 bits per heavy atom. The highest BCUT2D eigenvalue weighted by molar-refractivity contribution is 5.79. The number of aliphatic hydroxyl groups is 1. The van der Waals surface area contributed by atoms with Crippen LogP contribution in [0.15, 0.2) is 54.6 Å². The van der Waals surface area contributed by atoms with Crippen molar-refractivity contribution in [2.24, 2.45) is 5.92 Å². The molecule has 4 heteroatoms. The van der Waals surface area contributed by atoms with Crippen molar-refractivity contribution in [3.63, 3.8) is 0 Å². The van der Waals surface area contributed by atoms with Crippen molar-refractivity contribution in [2.75, 3.05) is 13.1 Å². The quantitative estimate of drug-likeness (QED) is 0.913. The second-order valence-electron chi connectivity index (χ2n) is 7.20. The number of rotatable bonds is 5. The predicted octanol–water partition coefficient (Wildman–Crippen LogP) is 2.79. The summed E-state index contributed by atoms with van der Waals surface area (Å²) in [7, 11) is 0. The molecule has 25 heavy (non-hydrogen) atoms. The number of carbonyl (C=O) groups is 1. The maximum Gasteiger partial charge on any atom is 0.227 e. The molecule has 0 aromatic heterocycles. The lowest BCUT2D eigenvalue weighted by molar-refractivity contribution is -0.134. The first-order chi connectivity index (χ1) is 12.1. The van der Waals surface area contributed by atoms with E-state index in [1.54, 1.807) is 0 Å². The van der Waals surface area contributed by atoms with Gasteiger partial charge in [0, 0.05) is 13.1 Å². The van der Waals surface area contributed by atoms with E-state index in [1.807, 2.05) is 59.5 Å². The molecular weight excluding hydrogens is 314 g/mol. The van der Waals surface area contributed by atoms with Gasteiger partial charge in [-0.25, -0.2) is 0 Å². The lowest BCUT2D eigenvalue weighted by Gasteiger charge is -2.30. The van der Waals surface area contributed by atoms with Crippen LogP contribution in [0.2, 0.25) is 0 Å². The number of fused-ring (bicyclic) bond motifs is 1. The maximum absolute atomic E-state index is 12.5. The lowest BCUT2D eigenvalue weighted by Crippen LogP contribution is -2.44. The summed E-state index contributed by atoms with van der Waals surface area (Å²) in [6.07, 6.45) is 2.15. The van der Waals surface area contributed by atoms with E-state index in [-0.39, 0.29) is 5.91 Å². The molecule has 130 valence electrons. The monoisotopic (exact) mass is 337 g/mol. The number of hydrogen-bond donors (Lipinski definition) is 1. The molecule has 1 N–H and O–H groups in total. The van der Waals surface area contributed by atoms with E-state index in [0.717, 1.165) is 36.3 Å². The minimum Gasteiger partial charge on any atom is -0.489 e. The zero-order valence-corrected chi connectivity index (χ0v) is 14.2. The molecule has 1 aliphatic heterocycles. The smallest absolute Gasteiger partial charge is 0.227 e. The van der Waals surface area contributed by atoms with Gasteiger partial charge in [-0.2, -0.15) is 0 Å². The number of ether oxygens (including phenoxy) is 1. The number of nitrogens with zero attached hydrogens (tertiary/aromatic N) is 1. The van der Waals surface area contributed by atoms with Crippen LogP contribution >= 0.6 is 0 Å². The Hall–Kier alpha value is -2.33. The van der Waals surface area contributed by atoms with Crippen molar-refractivity contribution in [1.82, 2.24) is 4.90 Å². The standard InChI is InChI=1S/C21H23NO3/c23-20(22-11-10-18-13-21(18,24)15-22)12-16-6-8-19(9-7-16)25-14-17-4-2-1-3-5-17/h1-9,18,24H,10-15H2/t18-,21+/m1/s1. The summed E-state index contributed by atoms with van der Waals surface area (Å²) < 4.78 is 5.77. The van der Waals surface area contributed by atoms with Gasteiger partial charge in [0.05, 0.1) is 12.0 Å². The average Bonchev–Trinajstić information content (AvgIpc) is 3.32. The maximum atomic E-state index is 12.5. The van der Waals surface area contributed by atoms with Crippen LogP contribution in [0.4, 0.5) is 0 Å². The van der Waals surface area contributed by atoms with Gasteiger partial charge in [-0.05, 0) is 42.0 Å². The highest BCUT2D eigenvalue weighted by atomic mass is 16.5. The molecule has 2 aromatic rings. The normalized spacial score (nSPS) is 24.5. The van der Waals surface area contributed by atoms with E-state index < -0.39 is 5.60 Å². The van der Waals surface area contributed by atoms with Gasteiger partial charge in [0.25, 0.3) is 0 Å². The van der Waals surface area contributed by atoms with E-state index in [9.17, 15) is 9.90 Å². The fourth-order valence-electron chi connectivity index (χ4n) is 3.60.